The summed E-state index contributed by atoms with van der Waals surface area (Å²) in [6, 6.07) is 7.87. The van der Waals surface area contributed by atoms with Crippen LogP contribution in [0.1, 0.15) is 24.3 Å². The summed E-state index contributed by atoms with van der Waals surface area (Å²) in [5, 5.41) is 3.41. The van der Waals surface area contributed by atoms with Crippen LogP contribution in [0.2, 0.25) is 0 Å². The number of halogens is 2. The van der Waals surface area contributed by atoms with Gasteiger partial charge in [-0.3, -0.25) is 0 Å². The first-order chi connectivity index (χ1) is 10.0. The number of hydrogen-bond acceptors (Lipinski definition) is 4. The average Bonchev–Trinajstić information content (AvgIpc) is 2.82. The van der Waals surface area contributed by atoms with E-state index in [1.165, 1.54) is 0 Å². The van der Waals surface area contributed by atoms with Gasteiger partial charge in [0.25, 0.3) is 0 Å². The molecule has 21 heavy (non-hydrogen) atoms. The monoisotopic (exact) mass is 417 g/mol. The Labute approximate surface area is 141 Å². The molecule has 0 saturated heterocycles. The van der Waals surface area contributed by atoms with Crippen molar-refractivity contribution in [2.45, 2.75) is 19.5 Å². The third-order valence-electron chi connectivity index (χ3n) is 3.19. The van der Waals surface area contributed by atoms with E-state index in [1.54, 1.807) is 14.2 Å². The van der Waals surface area contributed by atoms with Crippen molar-refractivity contribution in [1.29, 1.82) is 0 Å². The van der Waals surface area contributed by atoms with Crippen molar-refractivity contribution in [3.63, 3.8) is 0 Å². The van der Waals surface area contributed by atoms with Crippen LogP contribution in [-0.2, 0) is 6.54 Å². The molecule has 2 rings (SSSR count). The van der Waals surface area contributed by atoms with Crippen LogP contribution >= 0.6 is 31.9 Å². The lowest BCUT2D eigenvalue weighted by atomic mass is 10.1. The van der Waals surface area contributed by atoms with Gasteiger partial charge in [0, 0.05) is 17.7 Å². The van der Waals surface area contributed by atoms with Crippen LogP contribution in [0.5, 0.6) is 11.5 Å². The molecule has 0 aliphatic heterocycles. The molecule has 1 heterocycles. The van der Waals surface area contributed by atoms with Crippen molar-refractivity contribution in [3.05, 3.63) is 44.7 Å². The van der Waals surface area contributed by atoms with Gasteiger partial charge in [-0.15, -0.1) is 0 Å². The molecule has 114 valence electrons. The van der Waals surface area contributed by atoms with Crippen LogP contribution < -0.4 is 14.8 Å². The zero-order valence-corrected chi connectivity index (χ0v) is 15.2. The highest BCUT2D eigenvalue weighted by molar-refractivity contribution is 9.13. The van der Waals surface area contributed by atoms with E-state index in [0.717, 1.165) is 27.3 Å². The van der Waals surface area contributed by atoms with Gasteiger partial charge in [0.2, 0.25) is 0 Å². The van der Waals surface area contributed by atoms with Gasteiger partial charge < -0.3 is 19.2 Å². The molecule has 0 amide bonds. The van der Waals surface area contributed by atoms with Gasteiger partial charge in [-0.25, -0.2) is 0 Å². The lowest BCUT2D eigenvalue weighted by molar-refractivity contribution is 0.383. The van der Waals surface area contributed by atoms with Gasteiger partial charge >= 0.3 is 0 Å². The fourth-order valence-electron chi connectivity index (χ4n) is 2.02. The van der Waals surface area contributed by atoms with Crippen LogP contribution in [0.15, 0.2) is 37.8 Å². The molecule has 0 bridgehead atoms. The van der Waals surface area contributed by atoms with Gasteiger partial charge in [0.05, 0.1) is 25.2 Å². The van der Waals surface area contributed by atoms with Crippen LogP contribution in [0.4, 0.5) is 0 Å². The van der Waals surface area contributed by atoms with E-state index in [4.69, 9.17) is 13.9 Å². The third kappa shape index (κ3) is 4.02. The molecule has 1 aromatic heterocycles. The normalized spacial score (nSPS) is 12.2. The first kappa shape index (κ1) is 16.4. The number of furan rings is 1. The molecular weight excluding hydrogens is 402 g/mol. The van der Waals surface area contributed by atoms with E-state index >= 15 is 0 Å². The lowest BCUT2D eigenvalue weighted by Crippen LogP contribution is -2.18. The van der Waals surface area contributed by atoms with Crippen molar-refractivity contribution in [2.24, 2.45) is 0 Å². The molecule has 0 fully saturated rings. The van der Waals surface area contributed by atoms with Gasteiger partial charge in [-0.05, 0) is 50.9 Å². The molecule has 0 aliphatic carbocycles. The van der Waals surface area contributed by atoms with E-state index in [0.29, 0.717) is 11.2 Å². The number of ether oxygens (including phenoxy) is 2. The number of benzene rings is 1. The fourth-order valence-corrected chi connectivity index (χ4v) is 2.68. The summed E-state index contributed by atoms with van der Waals surface area (Å²) in [7, 11) is 3.30. The highest BCUT2D eigenvalue weighted by Gasteiger charge is 2.13. The van der Waals surface area contributed by atoms with E-state index in [2.05, 4.69) is 44.1 Å². The Bertz CT molecular complexity index is 593. The molecule has 0 radical (unpaired) electrons. The quantitative estimate of drug-likeness (QED) is 0.739. The molecule has 1 aromatic carbocycles. The van der Waals surface area contributed by atoms with Crippen molar-refractivity contribution < 1.29 is 13.9 Å². The summed E-state index contributed by atoms with van der Waals surface area (Å²) in [5.41, 5.74) is 1.07. The van der Waals surface area contributed by atoms with Crippen LogP contribution in [0.3, 0.4) is 0 Å². The first-order valence-corrected chi connectivity index (χ1v) is 8.02. The molecule has 1 N–H and O–H groups in total. The molecule has 6 heteroatoms. The van der Waals surface area contributed by atoms with Crippen LogP contribution in [0, 0.1) is 0 Å². The van der Waals surface area contributed by atoms with E-state index in [9.17, 15) is 0 Å². The van der Waals surface area contributed by atoms with Crippen LogP contribution in [-0.4, -0.2) is 14.2 Å². The molecule has 0 aliphatic rings. The summed E-state index contributed by atoms with van der Waals surface area (Å²) < 4.78 is 17.8. The Kier molecular flexibility index (Phi) is 5.72. The maximum Gasteiger partial charge on any atom is 0.183 e. The largest absolute Gasteiger partial charge is 0.497 e. The van der Waals surface area contributed by atoms with Crippen molar-refractivity contribution in [2.75, 3.05) is 14.2 Å². The molecule has 0 saturated carbocycles. The van der Waals surface area contributed by atoms with Crippen molar-refractivity contribution in [1.82, 2.24) is 5.32 Å². The summed E-state index contributed by atoms with van der Waals surface area (Å²) in [6.45, 7) is 2.71. The lowest BCUT2D eigenvalue weighted by Gasteiger charge is -2.17. The van der Waals surface area contributed by atoms with Crippen molar-refractivity contribution >= 4 is 31.9 Å². The zero-order chi connectivity index (χ0) is 15.4. The highest BCUT2D eigenvalue weighted by Crippen LogP contribution is 2.30. The fraction of sp³-hybridized carbons (Fsp3) is 0.333. The smallest absolute Gasteiger partial charge is 0.183 e. The Morgan fingerprint density at radius 2 is 1.95 bits per heavy atom. The molecule has 1 unspecified atom stereocenters. The highest BCUT2D eigenvalue weighted by atomic mass is 79.9. The van der Waals surface area contributed by atoms with Crippen molar-refractivity contribution in [3.8, 4) is 11.5 Å². The maximum atomic E-state index is 5.55. The summed E-state index contributed by atoms with van der Waals surface area (Å²) in [6.07, 6.45) is 0. The predicted molar refractivity (Wildman–Crippen MR) is 88.9 cm³/mol. The van der Waals surface area contributed by atoms with Gasteiger partial charge in [0.1, 0.15) is 17.3 Å². The molecule has 4 nitrogen and oxygen atoms in total. The topological polar surface area (TPSA) is 43.6 Å². The second kappa shape index (κ2) is 7.33. The Hall–Kier alpha value is -0.980. The Morgan fingerprint density at radius 3 is 2.52 bits per heavy atom. The SMILES string of the molecule is COc1ccc(C(C)NCc2cc(Br)c(Br)o2)c(OC)c1. The number of hydrogen-bond donors (Lipinski definition) is 1. The molecule has 1 atom stereocenters. The molecule has 2 aromatic rings. The zero-order valence-electron chi connectivity index (χ0n) is 12.1. The Balaban J connectivity index is 2.07. The molecule has 0 spiro atoms. The second-order valence-electron chi connectivity index (χ2n) is 4.54. The van der Waals surface area contributed by atoms with Gasteiger partial charge in [-0.2, -0.15) is 0 Å². The Morgan fingerprint density at radius 1 is 1.19 bits per heavy atom. The van der Waals surface area contributed by atoms with Gasteiger partial charge in [0.15, 0.2) is 4.67 Å². The summed E-state index contributed by atoms with van der Waals surface area (Å²) in [4.78, 5) is 0. The van der Waals surface area contributed by atoms with Gasteiger partial charge in [-0.1, -0.05) is 6.07 Å². The average molecular weight is 419 g/mol. The number of methoxy groups -OCH3 is 2. The minimum atomic E-state index is 0.119. The third-order valence-corrected chi connectivity index (χ3v) is 4.90. The second-order valence-corrected chi connectivity index (χ2v) is 6.12. The standard InChI is InChI=1S/C15H17Br2NO3/c1-9(18-8-11-6-13(16)15(17)21-11)12-5-4-10(19-2)7-14(12)20-3/h4-7,9,18H,8H2,1-3H3. The minimum Gasteiger partial charge on any atom is -0.497 e. The predicted octanol–water partition coefficient (Wildman–Crippen LogP) is 4.67. The van der Waals surface area contributed by atoms with Crippen LogP contribution in [0.25, 0.3) is 0 Å². The van der Waals surface area contributed by atoms with E-state index in [1.807, 2.05) is 24.3 Å². The minimum absolute atomic E-state index is 0.119. The number of nitrogens with one attached hydrogen (secondary N) is 1. The summed E-state index contributed by atoms with van der Waals surface area (Å²) in [5.74, 6) is 2.44. The first-order valence-electron chi connectivity index (χ1n) is 6.44. The maximum absolute atomic E-state index is 5.55. The number of rotatable bonds is 6. The van der Waals surface area contributed by atoms with E-state index in [-0.39, 0.29) is 6.04 Å². The van der Waals surface area contributed by atoms with E-state index < -0.39 is 0 Å². The summed E-state index contributed by atoms with van der Waals surface area (Å²) >= 11 is 6.74. The molecular formula is C15H17Br2NO3.